The van der Waals surface area contributed by atoms with Crippen molar-refractivity contribution in [3.05, 3.63) is 94.8 Å². The molecule has 1 heterocycles. The predicted molar refractivity (Wildman–Crippen MR) is 112 cm³/mol. The minimum atomic E-state index is -0.293. The highest BCUT2D eigenvalue weighted by molar-refractivity contribution is 5.92. The van der Waals surface area contributed by atoms with Gasteiger partial charge in [-0.1, -0.05) is 42.5 Å². The van der Waals surface area contributed by atoms with Crippen LogP contribution in [0.3, 0.4) is 0 Å². The number of carbonyl (C=O) groups excluding carboxylic acids is 1. The Labute approximate surface area is 169 Å². The molecule has 0 spiro atoms. The van der Waals surface area contributed by atoms with Gasteiger partial charge in [0, 0.05) is 6.54 Å². The zero-order chi connectivity index (χ0) is 20.4. The number of carbonyl (C=O) groups is 1. The van der Waals surface area contributed by atoms with E-state index in [0.29, 0.717) is 18.0 Å². The van der Waals surface area contributed by atoms with Crippen LogP contribution in [0.5, 0.6) is 5.75 Å². The molecule has 0 aliphatic carbocycles. The maximum Gasteiger partial charge on any atom is 0.322 e. The summed E-state index contributed by atoms with van der Waals surface area (Å²) in [6, 6.07) is 19.6. The number of ether oxygens (including phenoxy) is 1. The Morgan fingerprint density at radius 3 is 2.62 bits per heavy atom. The molecule has 1 aliphatic heterocycles. The molecule has 29 heavy (non-hydrogen) atoms. The van der Waals surface area contributed by atoms with Crippen molar-refractivity contribution in [2.45, 2.75) is 19.4 Å². The van der Waals surface area contributed by atoms with Gasteiger partial charge in [-0.25, -0.2) is 9.18 Å². The zero-order valence-electron chi connectivity index (χ0n) is 16.5. The van der Waals surface area contributed by atoms with Gasteiger partial charge in [0.2, 0.25) is 0 Å². The number of methoxy groups -OCH3 is 1. The van der Waals surface area contributed by atoms with E-state index in [1.807, 2.05) is 43.3 Å². The summed E-state index contributed by atoms with van der Waals surface area (Å²) in [7, 11) is 1.58. The minimum absolute atomic E-state index is 0.210. The molecule has 0 saturated heterocycles. The average Bonchev–Trinajstić information content (AvgIpc) is 2.74. The molecular formula is C24H23FN2O2. The van der Waals surface area contributed by atoms with Gasteiger partial charge in [-0.2, -0.15) is 0 Å². The van der Waals surface area contributed by atoms with Gasteiger partial charge in [-0.15, -0.1) is 0 Å². The first kappa shape index (κ1) is 19.0. The van der Waals surface area contributed by atoms with E-state index in [2.05, 4.69) is 11.4 Å². The lowest BCUT2D eigenvalue weighted by molar-refractivity contribution is 0.194. The maximum atomic E-state index is 13.5. The highest BCUT2D eigenvalue weighted by Crippen LogP contribution is 2.36. The van der Waals surface area contributed by atoms with Crippen LogP contribution in [0, 0.1) is 12.7 Å². The maximum absolute atomic E-state index is 13.5. The van der Waals surface area contributed by atoms with Crippen molar-refractivity contribution in [3.63, 3.8) is 0 Å². The van der Waals surface area contributed by atoms with Crippen LogP contribution in [0.25, 0.3) is 0 Å². The Balaban J connectivity index is 1.71. The predicted octanol–water partition coefficient (Wildman–Crippen LogP) is 5.32. The van der Waals surface area contributed by atoms with Gasteiger partial charge in [-0.3, -0.25) is 0 Å². The molecule has 3 aromatic rings. The van der Waals surface area contributed by atoms with Gasteiger partial charge < -0.3 is 15.0 Å². The molecule has 5 heteroatoms. The third-order valence-corrected chi connectivity index (χ3v) is 5.33. The van der Waals surface area contributed by atoms with E-state index in [9.17, 15) is 9.18 Å². The molecule has 0 unspecified atom stereocenters. The molecule has 1 N–H and O–H groups in total. The Morgan fingerprint density at radius 2 is 1.86 bits per heavy atom. The van der Waals surface area contributed by atoms with E-state index in [4.69, 9.17) is 4.74 Å². The fourth-order valence-electron chi connectivity index (χ4n) is 3.90. The van der Waals surface area contributed by atoms with Crippen LogP contribution in [0.2, 0.25) is 0 Å². The highest BCUT2D eigenvalue weighted by Gasteiger charge is 2.32. The first-order chi connectivity index (χ1) is 14.1. The lowest BCUT2D eigenvalue weighted by atomic mass is 9.88. The van der Waals surface area contributed by atoms with Crippen molar-refractivity contribution in [1.82, 2.24) is 4.90 Å². The molecule has 2 amide bonds. The zero-order valence-corrected chi connectivity index (χ0v) is 16.5. The SMILES string of the molecule is COc1ccc(C)cc1NC(=O)N1CCc2ccccc2[C@@H]1c1ccc(F)cc1. The van der Waals surface area contributed by atoms with Gasteiger partial charge in [0.1, 0.15) is 11.6 Å². The first-order valence-corrected chi connectivity index (χ1v) is 9.62. The number of anilines is 1. The molecule has 0 bridgehead atoms. The normalized spacial score (nSPS) is 15.6. The van der Waals surface area contributed by atoms with E-state index in [1.54, 1.807) is 24.1 Å². The summed E-state index contributed by atoms with van der Waals surface area (Å²) < 4.78 is 18.9. The van der Waals surface area contributed by atoms with Crippen molar-refractivity contribution in [2.75, 3.05) is 19.0 Å². The minimum Gasteiger partial charge on any atom is -0.495 e. The van der Waals surface area contributed by atoms with E-state index >= 15 is 0 Å². The molecule has 0 saturated carbocycles. The number of urea groups is 1. The number of rotatable bonds is 3. The largest absolute Gasteiger partial charge is 0.495 e. The number of nitrogens with one attached hydrogen (secondary N) is 1. The first-order valence-electron chi connectivity index (χ1n) is 9.62. The summed E-state index contributed by atoms with van der Waals surface area (Å²) in [5.41, 5.74) is 4.81. The molecular weight excluding hydrogens is 367 g/mol. The molecule has 4 rings (SSSR count). The van der Waals surface area contributed by atoms with Crippen LogP contribution in [0.1, 0.15) is 28.3 Å². The highest BCUT2D eigenvalue weighted by atomic mass is 19.1. The molecule has 4 nitrogen and oxygen atoms in total. The number of amides is 2. The van der Waals surface area contributed by atoms with Crippen LogP contribution in [-0.2, 0) is 6.42 Å². The Bertz CT molecular complexity index is 1030. The molecule has 0 fully saturated rings. The number of nitrogens with zero attached hydrogens (tertiary/aromatic N) is 1. The fraction of sp³-hybridized carbons (Fsp3) is 0.208. The number of fused-ring (bicyclic) bond motifs is 1. The van der Waals surface area contributed by atoms with Gasteiger partial charge in [0.25, 0.3) is 0 Å². The molecule has 1 atom stereocenters. The third-order valence-electron chi connectivity index (χ3n) is 5.33. The van der Waals surface area contributed by atoms with Crippen LogP contribution in [-0.4, -0.2) is 24.6 Å². The van der Waals surface area contributed by atoms with Crippen LogP contribution >= 0.6 is 0 Å². The summed E-state index contributed by atoms with van der Waals surface area (Å²) in [4.78, 5) is 15.1. The Morgan fingerprint density at radius 1 is 1.10 bits per heavy atom. The van der Waals surface area contributed by atoms with Crippen molar-refractivity contribution in [1.29, 1.82) is 0 Å². The van der Waals surface area contributed by atoms with Crippen LogP contribution < -0.4 is 10.1 Å². The number of aryl methyl sites for hydroxylation is 1. The standard InChI is InChI=1S/C24H23FN2O2/c1-16-7-12-22(29-2)21(15-16)26-24(28)27-14-13-17-5-3-4-6-20(17)23(27)18-8-10-19(25)11-9-18/h3-12,15,23H,13-14H2,1-2H3,(H,26,28)/t23-/m0/s1. The van der Waals surface area contributed by atoms with Crippen LogP contribution in [0.15, 0.2) is 66.7 Å². The Hall–Kier alpha value is -3.34. The van der Waals surface area contributed by atoms with E-state index < -0.39 is 0 Å². The van der Waals surface area contributed by atoms with Crippen molar-refractivity contribution >= 4 is 11.7 Å². The lowest BCUT2D eigenvalue weighted by Crippen LogP contribution is -2.43. The van der Waals surface area contributed by atoms with Crippen molar-refractivity contribution in [2.24, 2.45) is 0 Å². The van der Waals surface area contributed by atoms with Crippen LogP contribution in [0.4, 0.5) is 14.9 Å². The van der Waals surface area contributed by atoms with Gasteiger partial charge in [-0.05, 0) is 59.9 Å². The van der Waals surface area contributed by atoms with Gasteiger partial charge in [0.15, 0.2) is 0 Å². The fourth-order valence-corrected chi connectivity index (χ4v) is 3.90. The Kier molecular flexibility index (Phi) is 5.21. The summed E-state index contributed by atoms with van der Waals surface area (Å²) >= 11 is 0. The second-order valence-corrected chi connectivity index (χ2v) is 7.23. The smallest absolute Gasteiger partial charge is 0.322 e. The van der Waals surface area contributed by atoms with E-state index in [0.717, 1.165) is 23.1 Å². The van der Waals surface area contributed by atoms with Gasteiger partial charge in [0.05, 0.1) is 18.8 Å². The molecule has 1 aliphatic rings. The summed E-state index contributed by atoms with van der Waals surface area (Å²) in [5, 5.41) is 3.00. The van der Waals surface area contributed by atoms with Crippen molar-refractivity contribution in [3.8, 4) is 5.75 Å². The average molecular weight is 390 g/mol. The quantitative estimate of drug-likeness (QED) is 0.657. The second kappa shape index (κ2) is 7.95. The number of halogens is 1. The summed E-state index contributed by atoms with van der Waals surface area (Å²) in [5.74, 6) is 0.318. The molecule has 3 aromatic carbocycles. The summed E-state index contributed by atoms with van der Waals surface area (Å²) in [6.07, 6.45) is 0.770. The molecule has 148 valence electrons. The number of hydrogen-bond donors (Lipinski definition) is 1. The monoisotopic (exact) mass is 390 g/mol. The van der Waals surface area contributed by atoms with E-state index in [1.165, 1.54) is 17.7 Å². The number of hydrogen-bond acceptors (Lipinski definition) is 2. The van der Waals surface area contributed by atoms with Crippen molar-refractivity contribution < 1.29 is 13.9 Å². The molecule has 0 radical (unpaired) electrons. The lowest BCUT2D eigenvalue weighted by Gasteiger charge is -2.37. The molecule has 0 aromatic heterocycles. The van der Waals surface area contributed by atoms with Gasteiger partial charge >= 0.3 is 6.03 Å². The number of benzene rings is 3. The summed E-state index contributed by atoms with van der Waals surface area (Å²) in [6.45, 7) is 2.53. The van der Waals surface area contributed by atoms with E-state index in [-0.39, 0.29) is 17.9 Å². The second-order valence-electron chi connectivity index (χ2n) is 7.23. The third kappa shape index (κ3) is 3.81. The topological polar surface area (TPSA) is 41.6 Å².